The number of allylic oxidation sites excluding steroid dienone is 2. The van der Waals surface area contributed by atoms with Crippen molar-refractivity contribution in [1.29, 1.82) is 0 Å². The molecule has 0 saturated carbocycles. The fourth-order valence-corrected chi connectivity index (χ4v) is 3.09. The molecule has 1 aromatic carbocycles. The maximum atomic E-state index is 12.5. The Labute approximate surface area is 112 Å². The standard InChI is InChI=1S/C16H17NO2/c1-10-7-8-12-13(9-10)16(19)17(15(12)18)14-6-4-3-5-11(14)2/h3-7,12-13H,8-9H2,1-2H3/t12-,13-/m0/s1. The molecular weight excluding hydrogens is 238 g/mol. The summed E-state index contributed by atoms with van der Waals surface area (Å²) in [5.41, 5.74) is 2.92. The first-order valence-electron chi connectivity index (χ1n) is 6.68. The van der Waals surface area contributed by atoms with Gasteiger partial charge in [0.1, 0.15) is 0 Å². The summed E-state index contributed by atoms with van der Waals surface area (Å²) in [5.74, 6) is -0.377. The van der Waals surface area contributed by atoms with Crippen molar-refractivity contribution in [2.24, 2.45) is 11.8 Å². The van der Waals surface area contributed by atoms with Crippen molar-refractivity contribution in [2.45, 2.75) is 26.7 Å². The lowest BCUT2D eigenvalue weighted by Crippen LogP contribution is -2.31. The third kappa shape index (κ3) is 1.81. The van der Waals surface area contributed by atoms with Gasteiger partial charge in [0, 0.05) is 0 Å². The molecule has 98 valence electrons. The number of amides is 2. The Balaban J connectivity index is 2.00. The highest BCUT2D eigenvalue weighted by atomic mass is 16.2. The number of hydrogen-bond donors (Lipinski definition) is 0. The van der Waals surface area contributed by atoms with E-state index < -0.39 is 0 Å². The molecule has 2 atom stereocenters. The van der Waals surface area contributed by atoms with Crippen molar-refractivity contribution in [3.8, 4) is 0 Å². The molecule has 0 radical (unpaired) electrons. The molecule has 19 heavy (non-hydrogen) atoms. The van der Waals surface area contributed by atoms with Gasteiger partial charge in [-0.25, -0.2) is 4.90 Å². The van der Waals surface area contributed by atoms with Gasteiger partial charge in [0.2, 0.25) is 11.8 Å². The van der Waals surface area contributed by atoms with E-state index in [2.05, 4.69) is 6.08 Å². The van der Waals surface area contributed by atoms with Crippen molar-refractivity contribution in [1.82, 2.24) is 0 Å². The van der Waals surface area contributed by atoms with Gasteiger partial charge >= 0.3 is 0 Å². The molecule has 3 nitrogen and oxygen atoms in total. The average molecular weight is 255 g/mol. The predicted octanol–water partition coefficient (Wildman–Crippen LogP) is 2.84. The van der Waals surface area contributed by atoms with E-state index in [1.165, 1.54) is 10.5 Å². The number of rotatable bonds is 1. The van der Waals surface area contributed by atoms with Crippen LogP contribution in [0.3, 0.4) is 0 Å². The van der Waals surface area contributed by atoms with Gasteiger partial charge in [-0.3, -0.25) is 9.59 Å². The van der Waals surface area contributed by atoms with E-state index in [0.29, 0.717) is 6.42 Å². The molecule has 2 amide bonds. The molecule has 1 saturated heterocycles. The molecule has 1 aromatic rings. The zero-order valence-electron chi connectivity index (χ0n) is 11.2. The van der Waals surface area contributed by atoms with E-state index in [4.69, 9.17) is 0 Å². The summed E-state index contributed by atoms with van der Waals surface area (Å²) in [7, 11) is 0. The number of carbonyl (C=O) groups excluding carboxylic acids is 2. The van der Waals surface area contributed by atoms with Crippen LogP contribution in [0.4, 0.5) is 5.69 Å². The molecule has 0 aromatic heterocycles. The van der Waals surface area contributed by atoms with Crippen LogP contribution in [-0.4, -0.2) is 11.8 Å². The van der Waals surface area contributed by atoms with Gasteiger partial charge in [-0.05, 0) is 38.3 Å². The molecule has 1 aliphatic carbocycles. The van der Waals surface area contributed by atoms with Crippen LogP contribution >= 0.6 is 0 Å². The predicted molar refractivity (Wildman–Crippen MR) is 73.6 cm³/mol. The smallest absolute Gasteiger partial charge is 0.238 e. The van der Waals surface area contributed by atoms with E-state index in [1.54, 1.807) is 0 Å². The highest BCUT2D eigenvalue weighted by molar-refractivity contribution is 6.22. The van der Waals surface area contributed by atoms with Crippen molar-refractivity contribution in [3.05, 3.63) is 41.5 Å². The quantitative estimate of drug-likeness (QED) is 0.571. The van der Waals surface area contributed by atoms with E-state index in [0.717, 1.165) is 17.7 Å². The molecule has 1 heterocycles. The Kier molecular flexibility index (Phi) is 2.77. The maximum absolute atomic E-state index is 12.5. The van der Waals surface area contributed by atoms with Crippen LogP contribution in [0.15, 0.2) is 35.9 Å². The summed E-state index contributed by atoms with van der Waals surface area (Å²) in [6.45, 7) is 3.96. The van der Waals surface area contributed by atoms with Crippen molar-refractivity contribution in [3.63, 3.8) is 0 Å². The minimum Gasteiger partial charge on any atom is -0.274 e. The Morgan fingerprint density at radius 3 is 2.47 bits per heavy atom. The van der Waals surface area contributed by atoms with Crippen LogP contribution in [0.25, 0.3) is 0 Å². The van der Waals surface area contributed by atoms with E-state index in [9.17, 15) is 9.59 Å². The number of aryl methyl sites for hydroxylation is 1. The van der Waals surface area contributed by atoms with Gasteiger partial charge in [0.15, 0.2) is 0 Å². The number of benzene rings is 1. The number of hydrogen-bond acceptors (Lipinski definition) is 2. The summed E-state index contributed by atoms with van der Waals surface area (Å²) in [5, 5.41) is 0. The highest BCUT2D eigenvalue weighted by Gasteiger charge is 2.48. The van der Waals surface area contributed by atoms with Crippen molar-refractivity contribution < 1.29 is 9.59 Å². The number of nitrogens with zero attached hydrogens (tertiary/aromatic N) is 1. The molecule has 0 unspecified atom stereocenters. The SMILES string of the molecule is CC1=CC[C@@H]2C(=O)N(c3ccccc3C)C(=O)[C@H]2C1. The minimum atomic E-state index is -0.157. The number of para-hydroxylation sites is 1. The van der Waals surface area contributed by atoms with Gasteiger partial charge < -0.3 is 0 Å². The second kappa shape index (κ2) is 4.34. The third-order valence-corrected chi connectivity index (χ3v) is 4.18. The first-order chi connectivity index (χ1) is 9.09. The Morgan fingerprint density at radius 1 is 1.05 bits per heavy atom. The van der Waals surface area contributed by atoms with Crippen LogP contribution in [0, 0.1) is 18.8 Å². The maximum Gasteiger partial charge on any atom is 0.238 e. The van der Waals surface area contributed by atoms with Gasteiger partial charge in [0.05, 0.1) is 17.5 Å². The second-order valence-electron chi connectivity index (χ2n) is 5.50. The molecule has 0 spiro atoms. The number of imide groups is 1. The fourth-order valence-electron chi connectivity index (χ4n) is 3.09. The Bertz CT molecular complexity index is 588. The van der Waals surface area contributed by atoms with E-state index in [-0.39, 0.29) is 23.7 Å². The van der Waals surface area contributed by atoms with E-state index in [1.807, 2.05) is 38.1 Å². The summed E-state index contributed by atoms with van der Waals surface area (Å²) in [4.78, 5) is 26.4. The molecule has 3 rings (SSSR count). The van der Waals surface area contributed by atoms with Crippen LogP contribution < -0.4 is 4.90 Å². The first-order valence-corrected chi connectivity index (χ1v) is 6.68. The monoisotopic (exact) mass is 255 g/mol. The molecule has 1 fully saturated rings. The number of anilines is 1. The summed E-state index contributed by atoms with van der Waals surface area (Å²) >= 11 is 0. The minimum absolute atomic E-state index is 0.0308. The second-order valence-corrected chi connectivity index (χ2v) is 5.50. The van der Waals surface area contributed by atoms with E-state index >= 15 is 0 Å². The topological polar surface area (TPSA) is 37.4 Å². The van der Waals surface area contributed by atoms with Crippen molar-refractivity contribution in [2.75, 3.05) is 4.90 Å². The lowest BCUT2D eigenvalue weighted by Gasteiger charge is -2.18. The zero-order valence-corrected chi connectivity index (χ0v) is 11.2. The summed E-state index contributed by atoms with van der Waals surface area (Å²) < 4.78 is 0. The molecule has 3 heteroatoms. The average Bonchev–Trinajstić information content (AvgIpc) is 2.63. The summed E-state index contributed by atoms with van der Waals surface area (Å²) in [6, 6.07) is 7.57. The molecule has 0 N–H and O–H groups in total. The Morgan fingerprint density at radius 2 is 1.74 bits per heavy atom. The third-order valence-electron chi connectivity index (χ3n) is 4.18. The molecular formula is C16H17NO2. The van der Waals surface area contributed by atoms with Crippen LogP contribution in [-0.2, 0) is 9.59 Å². The summed E-state index contributed by atoms with van der Waals surface area (Å²) in [6.07, 6.45) is 3.51. The molecule has 0 bridgehead atoms. The number of fused-ring (bicyclic) bond motifs is 1. The fraction of sp³-hybridized carbons (Fsp3) is 0.375. The van der Waals surface area contributed by atoms with Crippen LogP contribution in [0.2, 0.25) is 0 Å². The van der Waals surface area contributed by atoms with Gasteiger partial charge in [-0.2, -0.15) is 0 Å². The van der Waals surface area contributed by atoms with Gasteiger partial charge in [0.25, 0.3) is 0 Å². The molecule has 1 aliphatic heterocycles. The van der Waals surface area contributed by atoms with Crippen molar-refractivity contribution >= 4 is 17.5 Å². The van der Waals surface area contributed by atoms with Gasteiger partial charge in [-0.15, -0.1) is 0 Å². The Hall–Kier alpha value is -1.90. The number of carbonyl (C=O) groups is 2. The highest BCUT2D eigenvalue weighted by Crippen LogP contribution is 2.40. The lowest BCUT2D eigenvalue weighted by atomic mass is 9.82. The first kappa shape index (κ1) is 12.2. The van der Waals surface area contributed by atoms with Crippen LogP contribution in [0.1, 0.15) is 25.3 Å². The molecule has 2 aliphatic rings. The zero-order chi connectivity index (χ0) is 13.6. The lowest BCUT2D eigenvalue weighted by molar-refractivity contribution is -0.122. The van der Waals surface area contributed by atoms with Gasteiger partial charge in [-0.1, -0.05) is 29.8 Å². The largest absolute Gasteiger partial charge is 0.274 e. The van der Waals surface area contributed by atoms with Crippen LogP contribution in [0.5, 0.6) is 0 Å². The normalized spacial score (nSPS) is 26.4.